The summed E-state index contributed by atoms with van der Waals surface area (Å²) in [6, 6.07) is 28.2. The molecular weight excluding hydrogens is 578 g/mol. The third-order valence-electron chi connectivity index (χ3n) is 5.73. The molecule has 3 aromatic carbocycles. The zero-order valence-electron chi connectivity index (χ0n) is 21.2. The number of amides is 1. The molecule has 0 atom stereocenters. The fourth-order valence-electron chi connectivity index (χ4n) is 3.83. The number of hydrogen-bond acceptors (Lipinski definition) is 7. The molecule has 0 aliphatic heterocycles. The van der Waals surface area contributed by atoms with Gasteiger partial charge in [0.1, 0.15) is 26.6 Å². The second kappa shape index (κ2) is 13.3. The summed E-state index contributed by atoms with van der Waals surface area (Å²) in [5, 5.41) is 3.66. The van der Waals surface area contributed by atoms with Crippen molar-refractivity contribution in [3.05, 3.63) is 118 Å². The second-order valence-corrected chi connectivity index (χ2v) is 12.8. The number of carbonyl (C=O) groups is 1. The summed E-state index contributed by atoms with van der Waals surface area (Å²) in [5.41, 5.74) is 4.23. The summed E-state index contributed by atoms with van der Waals surface area (Å²) in [6.07, 6.45) is 2.04. The van der Waals surface area contributed by atoms with E-state index in [0.717, 1.165) is 49.1 Å². The Labute approximate surface area is 262 Å². The van der Waals surface area contributed by atoms with Gasteiger partial charge in [-0.2, -0.15) is 0 Å². The Kier molecular flexibility index (Phi) is 10.1. The average Bonchev–Trinajstić information content (AvgIpc) is 3.66. The van der Waals surface area contributed by atoms with E-state index in [1.54, 1.807) is 46.7 Å². The number of hydrogen-bond donors (Lipinski definition) is 0. The van der Waals surface area contributed by atoms with E-state index in [1.165, 1.54) is 6.07 Å². The minimum atomic E-state index is -4.02. The molecule has 0 fully saturated rings. The first-order valence-corrected chi connectivity index (χ1v) is 16.0. The number of thioether (sulfide) groups is 1. The summed E-state index contributed by atoms with van der Waals surface area (Å²) >= 11 is 4.29. The van der Waals surface area contributed by atoms with Crippen LogP contribution in [0.25, 0.3) is 26.3 Å². The molecule has 0 spiro atoms. The standard InChI is InChI=1S/C29H23NO4S4.Na/c1-35-23-13-14-26(34-19-20-6-3-2-4-7-20)25(18-23)24-15-17-37-28(24)21-9-11-22(12-10-21)29(31)30-38(32,33)27-8-5-16-36-27;/h2-18H,19H2,1H3,(H,30,31);/q;+1/p-1. The molecule has 5 rings (SSSR count). The molecule has 5 nitrogen and oxygen atoms in total. The second-order valence-electron chi connectivity index (χ2n) is 8.18. The van der Waals surface area contributed by atoms with Crippen molar-refractivity contribution in [2.45, 2.75) is 15.7 Å². The van der Waals surface area contributed by atoms with Crippen molar-refractivity contribution in [1.29, 1.82) is 0 Å². The van der Waals surface area contributed by atoms with E-state index in [0.29, 0.717) is 6.61 Å². The van der Waals surface area contributed by atoms with Gasteiger partial charge >= 0.3 is 29.6 Å². The third-order valence-corrected chi connectivity index (χ3v) is 10.0. The molecule has 5 aromatic rings. The predicted molar refractivity (Wildman–Crippen MR) is 157 cm³/mol. The van der Waals surface area contributed by atoms with Gasteiger partial charge < -0.3 is 14.3 Å². The molecule has 0 saturated carbocycles. The van der Waals surface area contributed by atoms with Crippen LogP contribution in [0.2, 0.25) is 0 Å². The Morgan fingerprint density at radius 3 is 2.33 bits per heavy atom. The van der Waals surface area contributed by atoms with Gasteiger partial charge in [-0.3, -0.25) is 0 Å². The topological polar surface area (TPSA) is 74.5 Å². The van der Waals surface area contributed by atoms with Crippen LogP contribution in [-0.4, -0.2) is 20.6 Å². The normalized spacial score (nSPS) is 11.0. The van der Waals surface area contributed by atoms with Crippen molar-refractivity contribution >= 4 is 50.4 Å². The van der Waals surface area contributed by atoms with Crippen molar-refractivity contribution in [3.63, 3.8) is 0 Å². The number of sulfonamides is 1. The van der Waals surface area contributed by atoms with Crippen LogP contribution in [0.1, 0.15) is 15.9 Å². The predicted octanol–water partition coefficient (Wildman–Crippen LogP) is 5.35. The maximum Gasteiger partial charge on any atom is 1.00 e. The minimum absolute atomic E-state index is 0. The molecule has 1 amide bonds. The van der Waals surface area contributed by atoms with Gasteiger partial charge in [0, 0.05) is 20.9 Å². The van der Waals surface area contributed by atoms with E-state index in [-0.39, 0.29) is 39.3 Å². The Balaban J connectivity index is 0.00000353. The monoisotopic (exact) mass is 599 g/mol. The summed E-state index contributed by atoms with van der Waals surface area (Å²) in [5.74, 6) is -0.00342. The summed E-state index contributed by atoms with van der Waals surface area (Å²) in [7, 11) is -4.02. The smallest absolute Gasteiger partial charge is 0.537 e. The summed E-state index contributed by atoms with van der Waals surface area (Å²) in [6.45, 7) is 0.459. The first kappa shape index (κ1) is 29.6. The van der Waals surface area contributed by atoms with E-state index < -0.39 is 15.9 Å². The van der Waals surface area contributed by atoms with Crippen LogP contribution >= 0.6 is 34.4 Å². The Morgan fingerprint density at radius 1 is 0.872 bits per heavy atom. The molecular formula is C29H22NNaO4S4. The van der Waals surface area contributed by atoms with Gasteiger partial charge in [-0.15, -0.1) is 34.4 Å². The van der Waals surface area contributed by atoms with E-state index >= 15 is 0 Å². The SMILES string of the molecule is CSc1ccc(OCc2ccccc2)c(-c2ccsc2-c2ccc(C(=O)[N-]S(=O)(=O)c3cccs3)cc2)c1.[Na+]. The Hall–Kier alpha value is -2.37. The quantitative estimate of drug-likeness (QED) is 0.169. The van der Waals surface area contributed by atoms with Crippen LogP contribution in [-0.2, 0) is 16.6 Å². The Morgan fingerprint density at radius 2 is 1.64 bits per heavy atom. The molecule has 2 heterocycles. The van der Waals surface area contributed by atoms with Gasteiger partial charge in [-0.05, 0) is 64.0 Å². The average molecular weight is 600 g/mol. The molecule has 0 N–H and O–H groups in total. The van der Waals surface area contributed by atoms with Crippen LogP contribution < -0.4 is 34.3 Å². The molecule has 0 aliphatic carbocycles. The molecule has 2 aromatic heterocycles. The molecule has 0 radical (unpaired) electrons. The number of thiophene rings is 2. The van der Waals surface area contributed by atoms with Crippen molar-refractivity contribution in [3.8, 4) is 27.3 Å². The van der Waals surface area contributed by atoms with E-state index in [2.05, 4.69) is 22.9 Å². The van der Waals surface area contributed by atoms with Gasteiger partial charge in [0.05, 0.1) is 5.91 Å². The summed E-state index contributed by atoms with van der Waals surface area (Å²) < 4.78 is 34.5. The van der Waals surface area contributed by atoms with Crippen LogP contribution in [0.3, 0.4) is 0 Å². The molecule has 0 bridgehead atoms. The van der Waals surface area contributed by atoms with Crippen molar-refractivity contribution in [2.24, 2.45) is 0 Å². The molecule has 0 unspecified atom stereocenters. The van der Waals surface area contributed by atoms with E-state index in [9.17, 15) is 13.2 Å². The number of benzene rings is 3. The Bertz CT molecular complexity index is 1650. The van der Waals surface area contributed by atoms with E-state index in [4.69, 9.17) is 4.74 Å². The molecule has 10 heteroatoms. The fourth-order valence-corrected chi connectivity index (χ4v) is 7.07. The third kappa shape index (κ3) is 7.05. The maximum atomic E-state index is 12.6. The van der Waals surface area contributed by atoms with Gasteiger partial charge in [0.25, 0.3) is 0 Å². The maximum absolute atomic E-state index is 12.6. The van der Waals surface area contributed by atoms with Gasteiger partial charge in [-0.1, -0.05) is 60.7 Å². The molecule has 192 valence electrons. The van der Waals surface area contributed by atoms with Crippen molar-refractivity contribution < 1.29 is 47.5 Å². The van der Waals surface area contributed by atoms with Crippen molar-refractivity contribution in [2.75, 3.05) is 6.26 Å². The van der Waals surface area contributed by atoms with Crippen LogP contribution in [0.5, 0.6) is 5.75 Å². The van der Waals surface area contributed by atoms with Crippen LogP contribution in [0, 0.1) is 0 Å². The minimum Gasteiger partial charge on any atom is -0.537 e. The van der Waals surface area contributed by atoms with Crippen LogP contribution in [0.4, 0.5) is 0 Å². The number of carbonyl (C=O) groups excluding carboxylic acids is 1. The van der Waals surface area contributed by atoms with Gasteiger partial charge in [-0.25, -0.2) is 8.42 Å². The first-order valence-electron chi connectivity index (χ1n) is 11.5. The van der Waals surface area contributed by atoms with Crippen LogP contribution in [0.15, 0.2) is 111 Å². The van der Waals surface area contributed by atoms with Crippen molar-refractivity contribution in [1.82, 2.24) is 0 Å². The zero-order valence-corrected chi connectivity index (χ0v) is 26.5. The molecule has 0 saturated heterocycles. The summed E-state index contributed by atoms with van der Waals surface area (Å²) in [4.78, 5) is 14.7. The fraction of sp³-hybridized carbons (Fsp3) is 0.0690. The molecule has 0 aliphatic rings. The largest absolute Gasteiger partial charge is 1.00 e. The van der Waals surface area contributed by atoms with Gasteiger partial charge in [0.15, 0.2) is 0 Å². The zero-order chi connectivity index (χ0) is 26.5. The first-order chi connectivity index (χ1) is 18.4. The van der Waals surface area contributed by atoms with Gasteiger partial charge in [0.2, 0.25) is 0 Å². The van der Waals surface area contributed by atoms with E-state index in [1.807, 2.05) is 60.2 Å². The molecule has 39 heavy (non-hydrogen) atoms. The number of ether oxygens (including phenoxy) is 1. The number of rotatable bonds is 9. The number of nitrogens with zero attached hydrogens (tertiary/aromatic N) is 1.